The van der Waals surface area contributed by atoms with Crippen molar-refractivity contribution in [3.63, 3.8) is 0 Å². The number of carbonyl (C=O) groups is 1. The Hall–Kier alpha value is -1.30. The van der Waals surface area contributed by atoms with Gasteiger partial charge in [0.2, 0.25) is 5.91 Å². The zero-order valence-electron chi connectivity index (χ0n) is 15.1. The summed E-state index contributed by atoms with van der Waals surface area (Å²) in [4.78, 5) is 22.8. The third-order valence-corrected chi connectivity index (χ3v) is 4.75. The lowest BCUT2D eigenvalue weighted by atomic mass is 10.1. The molecule has 1 unspecified atom stereocenters. The zero-order chi connectivity index (χ0) is 16.7. The van der Waals surface area contributed by atoms with E-state index in [1.165, 1.54) is 45.3 Å². The number of rotatable bonds is 5. The van der Waals surface area contributed by atoms with Crippen molar-refractivity contribution in [2.24, 2.45) is 10.9 Å². The number of carbonyl (C=O) groups excluding carboxylic acids is 1. The molecule has 1 N–H and O–H groups in total. The lowest BCUT2D eigenvalue weighted by Crippen LogP contribution is -2.42. The summed E-state index contributed by atoms with van der Waals surface area (Å²) in [7, 11) is 3.55. The number of amides is 1. The Morgan fingerprint density at radius 1 is 1.22 bits per heavy atom. The minimum Gasteiger partial charge on any atom is -0.357 e. The molecular formula is C17H33N5O. The highest BCUT2D eigenvalue weighted by molar-refractivity contribution is 5.85. The molecule has 132 valence electrons. The van der Waals surface area contributed by atoms with Crippen LogP contribution < -0.4 is 5.32 Å². The number of piperidine rings is 1. The van der Waals surface area contributed by atoms with Gasteiger partial charge in [0.1, 0.15) is 6.54 Å². The maximum atomic E-state index is 11.8. The molecule has 0 aromatic heterocycles. The van der Waals surface area contributed by atoms with Crippen molar-refractivity contribution in [3.05, 3.63) is 0 Å². The number of hydrogen-bond acceptors (Lipinski definition) is 3. The molecule has 0 aliphatic carbocycles. The van der Waals surface area contributed by atoms with Crippen molar-refractivity contribution in [2.75, 3.05) is 59.9 Å². The van der Waals surface area contributed by atoms with Gasteiger partial charge in [-0.05, 0) is 45.2 Å². The Kier molecular flexibility index (Phi) is 7.15. The van der Waals surface area contributed by atoms with E-state index >= 15 is 0 Å². The summed E-state index contributed by atoms with van der Waals surface area (Å²) in [5.41, 5.74) is 0. The van der Waals surface area contributed by atoms with E-state index in [4.69, 9.17) is 0 Å². The van der Waals surface area contributed by atoms with Gasteiger partial charge in [0.05, 0.1) is 0 Å². The summed E-state index contributed by atoms with van der Waals surface area (Å²) >= 11 is 0. The standard InChI is InChI=1S/C17H33N5O/c1-4-18-17(19-12-16(23)20(2)3)22-11-8-15(14-22)13-21-9-6-5-7-10-21/h15H,4-14H2,1-3H3,(H,18,19). The highest BCUT2D eigenvalue weighted by Gasteiger charge is 2.27. The molecule has 2 fully saturated rings. The fourth-order valence-corrected chi connectivity index (χ4v) is 3.39. The first-order valence-corrected chi connectivity index (χ1v) is 9.06. The van der Waals surface area contributed by atoms with Gasteiger partial charge in [-0.15, -0.1) is 0 Å². The quantitative estimate of drug-likeness (QED) is 0.602. The smallest absolute Gasteiger partial charge is 0.243 e. The fourth-order valence-electron chi connectivity index (χ4n) is 3.39. The summed E-state index contributed by atoms with van der Waals surface area (Å²) in [6, 6.07) is 0. The number of nitrogens with zero attached hydrogens (tertiary/aromatic N) is 4. The van der Waals surface area contributed by atoms with Gasteiger partial charge in [-0.3, -0.25) is 4.79 Å². The van der Waals surface area contributed by atoms with Crippen LogP contribution in [0.2, 0.25) is 0 Å². The van der Waals surface area contributed by atoms with Crippen LogP contribution >= 0.6 is 0 Å². The number of aliphatic imine (C=N–C) groups is 1. The lowest BCUT2D eigenvalue weighted by Gasteiger charge is -2.29. The van der Waals surface area contributed by atoms with Gasteiger partial charge in [0.15, 0.2) is 5.96 Å². The average molecular weight is 323 g/mol. The first kappa shape index (κ1) is 18.0. The molecule has 0 aromatic rings. The Morgan fingerprint density at radius 2 is 1.96 bits per heavy atom. The molecule has 23 heavy (non-hydrogen) atoms. The molecule has 2 rings (SSSR count). The van der Waals surface area contributed by atoms with Crippen molar-refractivity contribution in [1.29, 1.82) is 0 Å². The van der Waals surface area contributed by atoms with Crippen LogP contribution in [0.1, 0.15) is 32.6 Å². The molecule has 2 aliphatic rings. The van der Waals surface area contributed by atoms with Crippen LogP contribution in [0.25, 0.3) is 0 Å². The number of nitrogens with one attached hydrogen (secondary N) is 1. The van der Waals surface area contributed by atoms with E-state index < -0.39 is 0 Å². The molecule has 0 spiro atoms. The molecule has 2 saturated heterocycles. The molecular weight excluding hydrogens is 290 g/mol. The monoisotopic (exact) mass is 323 g/mol. The van der Waals surface area contributed by atoms with Crippen LogP contribution in [0, 0.1) is 5.92 Å². The summed E-state index contributed by atoms with van der Waals surface area (Å²) in [6.45, 7) is 8.98. The van der Waals surface area contributed by atoms with E-state index in [9.17, 15) is 4.79 Å². The molecule has 0 aromatic carbocycles. The van der Waals surface area contributed by atoms with Gasteiger partial charge in [-0.25, -0.2) is 4.99 Å². The minimum atomic E-state index is 0.0458. The van der Waals surface area contributed by atoms with Crippen LogP contribution in [0.3, 0.4) is 0 Å². The van der Waals surface area contributed by atoms with Gasteiger partial charge in [-0.1, -0.05) is 6.42 Å². The predicted molar refractivity (Wildman–Crippen MR) is 94.6 cm³/mol. The highest BCUT2D eigenvalue weighted by Crippen LogP contribution is 2.19. The molecule has 0 radical (unpaired) electrons. The van der Waals surface area contributed by atoms with Crippen LogP contribution in [0.15, 0.2) is 4.99 Å². The molecule has 6 heteroatoms. The summed E-state index contributed by atoms with van der Waals surface area (Å²) in [5, 5.41) is 3.33. The maximum Gasteiger partial charge on any atom is 0.243 e. The molecule has 2 heterocycles. The Bertz CT molecular complexity index is 404. The molecule has 0 saturated carbocycles. The second kappa shape index (κ2) is 9.11. The van der Waals surface area contributed by atoms with Gasteiger partial charge >= 0.3 is 0 Å². The SMILES string of the molecule is CCNC(=NCC(=O)N(C)C)N1CCC(CN2CCCCC2)C1. The van der Waals surface area contributed by atoms with Gasteiger partial charge in [0, 0.05) is 40.3 Å². The normalized spacial score (nSPS) is 23.2. The first-order valence-electron chi connectivity index (χ1n) is 9.06. The van der Waals surface area contributed by atoms with E-state index in [0.29, 0.717) is 0 Å². The first-order chi connectivity index (χ1) is 11.1. The minimum absolute atomic E-state index is 0.0458. The molecule has 6 nitrogen and oxygen atoms in total. The third-order valence-electron chi connectivity index (χ3n) is 4.75. The summed E-state index contributed by atoms with van der Waals surface area (Å²) < 4.78 is 0. The summed E-state index contributed by atoms with van der Waals surface area (Å²) in [6.07, 6.45) is 5.33. The van der Waals surface area contributed by atoms with E-state index in [-0.39, 0.29) is 12.5 Å². The van der Waals surface area contributed by atoms with Gasteiger partial charge in [0.25, 0.3) is 0 Å². The van der Waals surface area contributed by atoms with Gasteiger partial charge < -0.3 is 20.0 Å². The van der Waals surface area contributed by atoms with Crippen LogP contribution in [0.5, 0.6) is 0 Å². The van der Waals surface area contributed by atoms with Crippen molar-refractivity contribution >= 4 is 11.9 Å². The van der Waals surface area contributed by atoms with E-state index in [1.807, 2.05) is 0 Å². The van der Waals surface area contributed by atoms with Gasteiger partial charge in [-0.2, -0.15) is 0 Å². The summed E-state index contributed by atoms with van der Waals surface area (Å²) in [5.74, 6) is 1.66. The molecule has 1 atom stereocenters. The van der Waals surface area contributed by atoms with Crippen molar-refractivity contribution in [3.8, 4) is 0 Å². The van der Waals surface area contributed by atoms with Crippen LogP contribution in [-0.2, 0) is 4.79 Å². The van der Waals surface area contributed by atoms with Crippen molar-refractivity contribution in [2.45, 2.75) is 32.6 Å². The lowest BCUT2D eigenvalue weighted by molar-refractivity contribution is -0.127. The van der Waals surface area contributed by atoms with Crippen molar-refractivity contribution in [1.82, 2.24) is 20.0 Å². The maximum absolute atomic E-state index is 11.8. The molecule has 2 aliphatic heterocycles. The van der Waals surface area contributed by atoms with Crippen LogP contribution in [-0.4, -0.2) is 86.5 Å². The zero-order valence-corrected chi connectivity index (χ0v) is 15.1. The number of hydrogen-bond donors (Lipinski definition) is 1. The number of guanidine groups is 1. The molecule has 0 bridgehead atoms. The largest absolute Gasteiger partial charge is 0.357 e. The van der Waals surface area contributed by atoms with Crippen LogP contribution in [0.4, 0.5) is 0 Å². The van der Waals surface area contributed by atoms with E-state index in [1.54, 1.807) is 19.0 Å². The second-order valence-corrected chi connectivity index (χ2v) is 6.92. The topological polar surface area (TPSA) is 51.2 Å². The Labute approximate surface area is 140 Å². The number of likely N-dealkylation sites (tertiary alicyclic amines) is 2. The highest BCUT2D eigenvalue weighted by atomic mass is 16.2. The van der Waals surface area contributed by atoms with E-state index in [0.717, 1.165) is 31.5 Å². The Balaban J connectivity index is 1.85. The third kappa shape index (κ3) is 5.68. The molecule has 1 amide bonds. The number of likely N-dealkylation sites (N-methyl/N-ethyl adjacent to an activating group) is 1. The Morgan fingerprint density at radius 3 is 2.61 bits per heavy atom. The second-order valence-electron chi connectivity index (χ2n) is 6.92. The predicted octanol–water partition coefficient (Wildman–Crippen LogP) is 0.848. The fraction of sp³-hybridized carbons (Fsp3) is 0.882. The van der Waals surface area contributed by atoms with Crippen molar-refractivity contribution < 1.29 is 4.79 Å². The van der Waals surface area contributed by atoms with E-state index in [2.05, 4.69) is 27.0 Å². The average Bonchev–Trinajstić information content (AvgIpc) is 3.00.